The van der Waals surface area contributed by atoms with Gasteiger partial charge in [-0.05, 0) is 12.8 Å². The van der Waals surface area contributed by atoms with Gasteiger partial charge in [0.1, 0.15) is 97.7 Å². The molecule has 21 atom stereocenters. The van der Waals surface area contributed by atoms with E-state index in [0.29, 0.717) is 31.5 Å². The quantitative estimate of drug-likeness (QED) is 0.0456. The third-order valence-corrected chi connectivity index (χ3v) is 12.3. The van der Waals surface area contributed by atoms with Crippen molar-refractivity contribution in [2.45, 2.75) is 174 Å². The maximum atomic E-state index is 11.9. The Morgan fingerprint density at radius 1 is 0.545 bits per heavy atom. The number of nitrogens with one attached hydrogen (secondary N) is 1. The number of aliphatic hydroxyl groups is 11. The van der Waals surface area contributed by atoms with Crippen molar-refractivity contribution in [1.29, 1.82) is 0 Å². The lowest BCUT2D eigenvalue weighted by molar-refractivity contribution is -0.426. The fraction of sp³-hybridized carbons (Fsp3) is 0.833. The monoisotopic (exact) mass is 952 g/mol. The smallest absolute Gasteiger partial charge is 0.220 e. The second kappa shape index (κ2) is 25.6. The van der Waals surface area contributed by atoms with E-state index in [4.69, 9.17) is 53.1 Å². The van der Waals surface area contributed by atoms with E-state index in [1.54, 1.807) is 30.3 Å². The summed E-state index contributed by atoms with van der Waals surface area (Å²) in [5, 5.41) is 118. The fourth-order valence-corrected chi connectivity index (χ4v) is 8.50. The van der Waals surface area contributed by atoms with Crippen LogP contribution in [0.4, 0.5) is 0 Å². The van der Waals surface area contributed by atoms with E-state index in [-0.39, 0.29) is 12.5 Å². The van der Waals surface area contributed by atoms with Crippen LogP contribution in [0.1, 0.15) is 56.8 Å². The normalized spacial score (nSPS) is 41.7. The average Bonchev–Trinajstić information content (AvgIpc) is 3.32. The molecule has 0 saturated carbocycles. The van der Waals surface area contributed by atoms with Crippen LogP contribution in [0.15, 0.2) is 30.3 Å². The van der Waals surface area contributed by atoms with Crippen LogP contribution < -0.4 is 11.1 Å². The van der Waals surface area contributed by atoms with E-state index in [2.05, 4.69) is 5.32 Å². The molecule has 24 nitrogen and oxygen atoms in total. The van der Waals surface area contributed by atoms with Crippen molar-refractivity contribution >= 4 is 5.91 Å². The predicted octanol–water partition coefficient (Wildman–Crippen LogP) is -5.16. The van der Waals surface area contributed by atoms with E-state index in [1.807, 2.05) is 0 Å². The van der Waals surface area contributed by atoms with Gasteiger partial charge >= 0.3 is 0 Å². The number of fused-ring (bicyclic) bond motifs is 2. The highest BCUT2D eigenvalue weighted by Gasteiger charge is 2.58. The van der Waals surface area contributed by atoms with Gasteiger partial charge in [-0.25, -0.2) is 0 Å². The van der Waals surface area contributed by atoms with E-state index in [1.165, 1.54) is 0 Å². The summed E-state index contributed by atoms with van der Waals surface area (Å²) in [5.74, 6) is -0.0356. The molecule has 24 heteroatoms. The average molecular weight is 953 g/mol. The molecule has 1 aromatic carbocycles. The molecule has 5 saturated heterocycles. The van der Waals surface area contributed by atoms with Gasteiger partial charge in [-0.15, -0.1) is 0 Å². The topological polar surface area (TPSA) is 370 Å². The highest BCUT2D eigenvalue weighted by Crippen LogP contribution is 2.42. The third kappa shape index (κ3) is 13.0. The van der Waals surface area contributed by atoms with Gasteiger partial charge < -0.3 is 115 Å². The molecule has 2 bridgehead atoms. The van der Waals surface area contributed by atoms with Crippen LogP contribution in [0.5, 0.6) is 0 Å². The van der Waals surface area contributed by atoms with Crippen molar-refractivity contribution in [3.8, 4) is 0 Å². The van der Waals surface area contributed by atoms with Gasteiger partial charge in [0.15, 0.2) is 31.5 Å². The second-order valence-corrected chi connectivity index (χ2v) is 17.0. The number of nitrogens with two attached hydrogens (primary N) is 1. The minimum Gasteiger partial charge on any atom is -0.394 e. The van der Waals surface area contributed by atoms with Gasteiger partial charge in [0.2, 0.25) is 5.91 Å². The third-order valence-electron chi connectivity index (χ3n) is 12.3. The molecule has 14 N–H and O–H groups in total. The minimum absolute atomic E-state index is 0.0356. The molecule has 0 aliphatic carbocycles. The van der Waals surface area contributed by atoms with Gasteiger partial charge in [0.25, 0.3) is 0 Å². The Morgan fingerprint density at radius 3 is 1.68 bits per heavy atom. The zero-order chi connectivity index (χ0) is 47.5. The first-order valence-corrected chi connectivity index (χ1v) is 22.6. The van der Waals surface area contributed by atoms with Crippen molar-refractivity contribution in [2.75, 3.05) is 46.1 Å². The van der Waals surface area contributed by atoms with Crippen molar-refractivity contribution in [3.05, 3.63) is 35.9 Å². The van der Waals surface area contributed by atoms with Crippen molar-refractivity contribution in [1.82, 2.24) is 5.32 Å². The highest BCUT2D eigenvalue weighted by molar-refractivity contribution is 5.75. The molecule has 5 aliphatic rings. The Bertz CT molecular complexity index is 1570. The molecule has 0 radical (unpaired) electrons. The first kappa shape index (κ1) is 53.2. The number of aliphatic hydroxyl groups excluding tert-OH is 11. The van der Waals surface area contributed by atoms with E-state index < -0.39 is 156 Å². The minimum atomic E-state index is -1.90. The van der Waals surface area contributed by atoms with Gasteiger partial charge in [-0.3, -0.25) is 4.79 Å². The molecule has 1 amide bonds. The summed E-state index contributed by atoms with van der Waals surface area (Å²) in [5.41, 5.74) is 6.03. The summed E-state index contributed by atoms with van der Waals surface area (Å²) in [6.45, 7) is -1.81. The van der Waals surface area contributed by atoms with Crippen molar-refractivity contribution in [3.63, 3.8) is 0 Å². The van der Waals surface area contributed by atoms with E-state index >= 15 is 0 Å². The first-order chi connectivity index (χ1) is 31.8. The van der Waals surface area contributed by atoms with E-state index in [9.17, 15) is 61.0 Å². The van der Waals surface area contributed by atoms with Gasteiger partial charge in [0.05, 0.1) is 26.4 Å². The lowest BCUT2D eigenvalue weighted by atomic mass is 9.95. The maximum Gasteiger partial charge on any atom is 0.220 e. The molecule has 1 unspecified atom stereocenters. The zero-order valence-electron chi connectivity index (χ0n) is 36.4. The Kier molecular flexibility index (Phi) is 20.6. The molecule has 0 spiro atoms. The van der Waals surface area contributed by atoms with Crippen LogP contribution in [0.25, 0.3) is 0 Å². The first-order valence-electron chi connectivity index (χ1n) is 22.6. The lowest BCUT2D eigenvalue weighted by Gasteiger charge is -2.52. The van der Waals surface area contributed by atoms with Crippen molar-refractivity contribution < 1.29 is 108 Å². The van der Waals surface area contributed by atoms with Crippen LogP contribution in [-0.2, 0) is 52.2 Å². The molecule has 0 aromatic heterocycles. The van der Waals surface area contributed by atoms with Gasteiger partial charge in [-0.1, -0.05) is 56.0 Å². The molecular weight excluding hydrogens is 884 g/mol. The highest BCUT2D eigenvalue weighted by atomic mass is 16.8. The number of hydrogen-bond acceptors (Lipinski definition) is 23. The predicted molar refractivity (Wildman–Crippen MR) is 219 cm³/mol. The number of amides is 1. The van der Waals surface area contributed by atoms with Crippen LogP contribution in [0, 0.1) is 0 Å². The molecule has 1 aromatic rings. The van der Waals surface area contributed by atoms with Gasteiger partial charge in [0, 0.05) is 31.7 Å². The van der Waals surface area contributed by atoms with E-state index in [0.717, 1.165) is 32.1 Å². The summed E-state index contributed by atoms with van der Waals surface area (Å²) in [4.78, 5) is 11.9. The Balaban J connectivity index is 1.19. The number of carbonyl (C=O) groups is 1. The molecule has 5 fully saturated rings. The SMILES string of the molecule is NCCNC(=O)CCCCCCCCO[C@@H]1O[C@H](CO[C@H]2O[C@H](CO)[C@@H](O)[C@H](O[C@H]3O[C@H](CO)[C@@H](O)[C@H](O)[C@@H]3O)[C@@H]2O)[C@H]2OC(c3ccccc3)O[C@H]1[C@H]2O[C@H]1O[C@H](CO)[C@@H](O)[C@H](O)[C@@H]1O. The standard InChI is InChI=1S/C42H68N2O22/c43-13-14-44-25(48)12-8-3-1-2-4-9-15-57-42-37-36(65-41-32(55)30(53)27(50)22(17-46)61-41)34(63-38(66-37)20-10-6-5-7-11-20)24(62-42)19-58-39-33(56)35(28(51)23(18-47)59-39)64-40-31(54)29(52)26(49)21(16-45)60-40/h5-7,10-11,21-24,26-42,45-47,49-56H,1-4,8-9,12-19,43H2,(H,44,48)/t21-,22-,23-,24-,26-,27-,28-,29+,30+,31+,32+,33+,34-,35+,36+,37+,38?,39+,40-,41-,42-/m1/s1. The number of rotatable bonds is 23. The Hall–Kier alpha value is -2.19. The van der Waals surface area contributed by atoms with Crippen LogP contribution >= 0.6 is 0 Å². The van der Waals surface area contributed by atoms with Crippen LogP contribution in [0.2, 0.25) is 0 Å². The number of hydrogen-bond donors (Lipinski definition) is 13. The number of ether oxygens (including phenoxy) is 10. The number of carbonyl (C=O) groups excluding carboxylic acids is 1. The maximum absolute atomic E-state index is 11.9. The molecular formula is C42H68N2O22. The zero-order valence-corrected chi connectivity index (χ0v) is 36.4. The molecule has 5 aliphatic heterocycles. The molecule has 66 heavy (non-hydrogen) atoms. The van der Waals surface area contributed by atoms with Gasteiger partial charge in [-0.2, -0.15) is 0 Å². The molecule has 6 rings (SSSR count). The fourth-order valence-electron chi connectivity index (χ4n) is 8.50. The number of unbranched alkanes of at least 4 members (excludes halogenated alkanes) is 5. The lowest BCUT2D eigenvalue weighted by Crippen LogP contribution is -2.68. The summed E-state index contributed by atoms with van der Waals surface area (Å²) in [7, 11) is 0. The summed E-state index contributed by atoms with van der Waals surface area (Å²) < 4.78 is 60.7. The van der Waals surface area contributed by atoms with Crippen LogP contribution in [-0.4, -0.2) is 231 Å². The molecule has 5 heterocycles. The summed E-state index contributed by atoms with van der Waals surface area (Å²) in [6, 6.07) is 8.86. The largest absolute Gasteiger partial charge is 0.394 e. The summed E-state index contributed by atoms with van der Waals surface area (Å²) in [6.07, 6.45) is -27.1. The molecule has 378 valence electrons. The Labute approximate surface area is 380 Å². The second-order valence-electron chi connectivity index (χ2n) is 17.0. The van der Waals surface area contributed by atoms with Crippen LogP contribution in [0.3, 0.4) is 0 Å². The van der Waals surface area contributed by atoms with Crippen molar-refractivity contribution in [2.24, 2.45) is 5.73 Å². The summed E-state index contributed by atoms with van der Waals surface area (Å²) >= 11 is 0. The number of benzene rings is 1. The Morgan fingerprint density at radius 2 is 1.08 bits per heavy atom.